The Hall–Kier alpha value is -2.08. The quantitative estimate of drug-likeness (QED) is 0.867. The molecule has 3 atom stereocenters. The summed E-state index contributed by atoms with van der Waals surface area (Å²) < 4.78 is 5.45. The molecule has 2 amide bonds. The maximum Gasteiger partial charge on any atom is 0.317 e. The number of benzene rings is 1. The highest BCUT2D eigenvalue weighted by Gasteiger charge is 2.55. The van der Waals surface area contributed by atoms with Gasteiger partial charge in [0.15, 0.2) is 0 Å². The fraction of sp³-hybridized carbons (Fsp3) is 0.556. The molecule has 1 aliphatic heterocycles. The molecule has 0 aromatic heterocycles. The van der Waals surface area contributed by atoms with Crippen LogP contribution in [-0.4, -0.2) is 48.8 Å². The molecule has 3 rings (SSSR count). The van der Waals surface area contributed by atoms with E-state index in [1.54, 1.807) is 12.0 Å². The lowest BCUT2D eigenvalue weighted by atomic mass is 9.81. The lowest BCUT2D eigenvalue weighted by Crippen LogP contribution is -2.43. The minimum Gasteiger partial charge on any atom is -0.481 e. The van der Waals surface area contributed by atoms with E-state index in [9.17, 15) is 14.7 Å². The average molecular weight is 332 g/mol. The topological polar surface area (TPSA) is 78.9 Å². The first-order chi connectivity index (χ1) is 11.6. The molecule has 1 heterocycles. The minimum atomic E-state index is -0.764. The smallest absolute Gasteiger partial charge is 0.317 e. The number of carbonyl (C=O) groups is 2. The van der Waals surface area contributed by atoms with Gasteiger partial charge in [0.25, 0.3) is 0 Å². The van der Waals surface area contributed by atoms with Crippen molar-refractivity contribution in [3.05, 3.63) is 35.9 Å². The second-order valence-corrected chi connectivity index (χ2v) is 6.75. The first-order valence-electron chi connectivity index (χ1n) is 8.41. The van der Waals surface area contributed by atoms with Crippen molar-refractivity contribution < 1.29 is 19.4 Å². The van der Waals surface area contributed by atoms with Crippen LogP contribution in [0.1, 0.15) is 30.9 Å². The SMILES string of the molecule is COC(CNC(=O)N1C[C@@H]2CCC[C@@]2(C(=O)O)C1)c1ccccc1. The number of likely N-dealkylation sites (tertiary alicyclic amines) is 1. The van der Waals surface area contributed by atoms with Crippen LogP contribution in [0.25, 0.3) is 0 Å². The Morgan fingerprint density at radius 1 is 1.42 bits per heavy atom. The van der Waals surface area contributed by atoms with Gasteiger partial charge in [-0.05, 0) is 24.3 Å². The summed E-state index contributed by atoms with van der Waals surface area (Å²) in [5.74, 6) is -0.688. The van der Waals surface area contributed by atoms with E-state index >= 15 is 0 Å². The van der Waals surface area contributed by atoms with Crippen molar-refractivity contribution in [3.8, 4) is 0 Å². The summed E-state index contributed by atoms with van der Waals surface area (Å²) in [5, 5.41) is 12.5. The average Bonchev–Trinajstić information content (AvgIpc) is 3.14. The molecular formula is C18H24N2O4. The molecule has 2 N–H and O–H groups in total. The van der Waals surface area contributed by atoms with Crippen LogP contribution in [0, 0.1) is 11.3 Å². The van der Waals surface area contributed by atoms with Gasteiger partial charge in [-0.2, -0.15) is 0 Å². The summed E-state index contributed by atoms with van der Waals surface area (Å²) in [5.41, 5.74) is 0.262. The van der Waals surface area contributed by atoms with E-state index in [-0.39, 0.29) is 18.1 Å². The van der Waals surface area contributed by atoms with Crippen molar-refractivity contribution in [2.75, 3.05) is 26.7 Å². The normalized spacial score (nSPS) is 26.9. The highest BCUT2D eigenvalue weighted by molar-refractivity contribution is 5.80. The number of carboxylic acids is 1. The number of nitrogens with one attached hydrogen (secondary N) is 1. The first kappa shape index (κ1) is 16.8. The summed E-state index contributed by atoms with van der Waals surface area (Å²) in [6.45, 7) is 1.20. The van der Waals surface area contributed by atoms with E-state index in [4.69, 9.17) is 4.74 Å². The number of fused-ring (bicyclic) bond motifs is 1. The largest absolute Gasteiger partial charge is 0.481 e. The standard InChI is InChI=1S/C18H24N2O4/c1-24-15(13-6-3-2-4-7-13)10-19-17(23)20-11-14-8-5-9-18(14,12-20)16(21)22/h2-4,6-7,14-15H,5,8-12H2,1H3,(H,19,23)(H,21,22)/t14-,15?,18+/m0/s1. The molecule has 130 valence electrons. The van der Waals surface area contributed by atoms with Gasteiger partial charge in [0.1, 0.15) is 0 Å². The van der Waals surface area contributed by atoms with Crippen LogP contribution in [0.3, 0.4) is 0 Å². The summed E-state index contributed by atoms with van der Waals surface area (Å²) in [4.78, 5) is 25.8. The molecule has 1 aromatic rings. The minimum absolute atomic E-state index is 0.0769. The molecule has 0 spiro atoms. The van der Waals surface area contributed by atoms with E-state index in [1.807, 2.05) is 30.3 Å². The highest BCUT2D eigenvalue weighted by Crippen LogP contribution is 2.48. The monoisotopic (exact) mass is 332 g/mol. The zero-order chi connectivity index (χ0) is 17.2. The summed E-state index contributed by atoms with van der Waals surface area (Å²) in [7, 11) is 1.61. The van der Waals surface area contributed by atoms with E-state index in [0.29, 0.717) is 26.1 Å². The maximum absolute atomic E-state index is 12.5. The van der Waals surface area contributed by atoms with Gasteiger partial charge in [-0.15, -0.1) is 0 Å². The summed E-state index contributed by atoms with van der Waals surface area (Å²) in [6, 6.07) is 9.51. The Morgan fingerprint density at radius 2 is 2.17 bits per heavy atom. The molecule has 6 heteroatoms. The predicted molar refractivity (Wildman–Crippen MR) is 88.6 cm³/mol. The van der Waals surface area contributed by atoms with Crippen LogP contribution in [0.15, 0.2) is 30.3 Å². The number of carboxylic acid groups (broad SMARTS) is 1. The van der Waals surface area contributed by atoms with Crippen LogP contribution >= 0.6 is 0 Å². The van der Waals surface area contributed by atoms with E-state index in [1.165, 1.54) is 0 Å². The first-order valence-corrected chi connectivity index (χ1v) is 8.41. The van der Waals surface area contributed by atoms with Gasteiger partial charge in [0.2, 0.25) is 0 Å². The lowest BCUT2D eigenvalue weighted by Gasteiger charge is -2.24. The lowest BCUT2D eigenvalue weighted by molar-refractivity contribution is -0.149. The van der Waals surface area contributed by atoms with Crippen molar-refractivity contribution in [1.29, 1.82) is 0 Å². The zero-order valence-corrected chi connectivity index (χ0v) is 13.9. The number of rotatable bonds is 5. The fourth-order valence-electron chi connectivity index (χ4n) is 4.09. The van der Waals surface area contributed by atoms with Crippen molar-refractivity contribution in [1.82, 2.24) is 10.2 Å². The number of methoxy groups -OCH3 is 1. The predicted octanol–water partition coefficient (Wildman–Crippen LogP) is 2.27. The molecule has 24 heavy (non-hydrogen) atoms. The number of aliphatic carboxylic acids is 1. The van der Waals surface area contributed by atoms with Gasteiger partial charge in [-0.1, -0.05) is 36.8 Å². The van der Waals surface area contributed by atoms with Gasteiger partial charge in [0.05, 0.1) is 11.5 Å². The fourth-order valence-corrected chi connectivity index (χ4v) is 4.09. The van der Waals surface area contributed by atoms with Gasteiger partial charge in [-0.25, -0.2) is 4.79 Å². The van der Waals surface area contributed by atoms with Crippen molar-refractivity contribution >= 4 is 12.0 Å². The number of ether oxygens (including phenoxy) is 1. The molecular weight excluding hydrogens is 308 g/mol. The molecule has 2 fully saturated rings. The van der Waals surface area contributed by atoms with Crippen molar-refractivity contribution in [3.63, 3.8) is 0 Å². The van der Waals surface area contributed by atoms with E-state index in [2.05, 4.69) is 5.32 Å². The molecule has 1 saturated carbocycles. The maximum atomic E-state index is 12.5. The van der Waals surface area contributed by atoms with Crippen LogP contribution < -0.4 is 5.32 Å². The number of hydrogen-bond donors (Lipinski definition) is 2. The Bertz CT molecular complexity index is 606. The van der Waals surface area contributed by atoms with Crippen molar-refractivity contribution in [2.45, 2.75) is 25.4 Å². The Balaban J connectivity index is 1.59. The zero-order valence-electron chi connectivity index (χ0n) is 13.9. The molecule has 6 nitrogen and oxygen atoms in total. The van der Waals surface area contributed by atoms with Gasteiger partial charge >= 0.3 is 12.0 Å². The van der Waals surface area contributed by atoms with E-state index < -0.39 is 11.4 Å². The Kier molecular flexibility index (Phi) is 4.76. The molecule has 1 aliphatic carbocycles. The summed E-state index contributed by atoms with van der Waals surface area (Å²) in [6.07, 6.45) is 2.28. The van der Waals surface area contributed by atoms with Crippen LogP contribution in [-0.2, 0) is 9.53 Å². The van der Waals surface area contributed by atoms with Crippen LogP contribution in [0.2, 0.25) is 0 Å². The number of carbonyl (C=O) groups excluding carboxylic acids is 1. The third-order valence-corrected chi connectivity index (χ3v) is 5.48. The van der Waals surface area contributed by atoms with Gasteiger partial charge in [0, 0.05) is 26.7 Å². The molecule has 0 bridgehead atoms. The third kappa shape index (κ3) is 2.98. The second-order valence-electron chi connectivity index (χ2n) is 6.75. The molecule has 1 unspecified atom stereocenters. The molecule has 0 radical (unpaired) electrons. The molecule has 1 saturated heterocycles. The number of nitrogens with zero attached hydrogens (tertiary/aromatic N) is 1. The van der Waals surface area contributed by atoms with E-state index in [0.717, 1.165) is 18.4 Å². The number of amides is 2. The molecule has 1 aromatic carbocycles. The number of hydrogen-bond acceptors (Lipinski definition) is 3. The number of urea groups is 1. The van der Waals surface area contributed by atoms with Crippen LogP contribution in [0.5, 0.6) is 0 Å². The van der Waals surface area contributed by atoms with Gasteiger partial charge < -0.3 is 20.1 Å². The second kappa shape index (κ2) is 6.81. The van der Waals surface area contributed by atoms with Crippen LogP contribution in [0.4, 0.5) is 4.79 Å². The Labute approximate surface area is 141 Å². The third-order valence-electron chi connectivity index (χ3n) is 5.48. The highest BCUT2D eigenvalue weighted by atomic mass is 16.5. The molecule has 2 aliphatic rings. The van der Waals surface area contributed by atoms with Gasteiger partial charge in [-0.3, -0.25) is 4.79 Å². The summed E-state index contributed by atoms with van der Waals surface area (Å²) >= 11 is 0. The Morgan fingerprint density at radius 3 is 2.79 bits per heavy atom. The van der Waals surface area contributed by atoms with Crippen molar-refractivity contribution in [2.24, 2.45) is 11.3 Å².